The Morgan fingerprint density at radius 2 is 0.593 bits per heavy atom. The van der Waals surface area contributed by atoms with Gasteiger partial charge in [0.15, 0.2) is 0 Å². The van der Waals surface area contributed by atoms with Crippen molar-refractivity contribution in [2.75, 3.05) is 0 Å². The van der Waals surface area contributed by atoms with Crippen molar-refractivity contribution in [2.24, 2.45) is 0 Å². The van der Waals surface area contributed by atoms with Gasteiger partial charge in [-0.3, -0.25) is 4.98 Å². The molecule has 0 aromatic rings. The van der Waals surface area contributed by atoms with Crippen molar-refractivity contribution in [1.82, 2.24) is 4.98 Å². The van der Waals surface area contributed by atoms with Gasteiger partial charge >= 0.3 is 47.8 Å². The molecule has 0 radical (unpaired) electrons. The quantitative estimate of drug-likeness (QED) is 0.343. The lowest BCUT2D eigenvalue weighted by Gasteiger charge is -2.42. The molecular formula is C8H4F17NSi. The minimum atomic E-state index is -8.58. The zero-order valence-electron chi connectivity index (χ0n) is 11.9. The molecule has 0 saturated carbocycles. The summed E-state index contributed by atoms with van der Waals surface area (Å²) in [5.41, 5.74) is 0. The Bertz CT molecular complexity index is 548. The number of halogens is 17. The molecule has 0 rings (SSSR count). The molecule has 1 nitrogen and oxygen atoms in total. The van der Waals surface area contributed by atoms with E-state index in [4.69, 9.17) is 0 Å². The van der Waals surface area contributed by atoms with E-state index in [-0.39, 0.29) is 4.98 Å². The standard InChI is InChI=1S/C8H4F17NSi/c9-1(10,3(13,14)5(17,18)7(21,22)23)2(11,12)4(15,16)6(19,20)8(24,25)26-27/h26H,27H3. The number of alkyl halides is 17. The molecule has 0 atom stereocenters. The highest BCUT2D eigenvalue weighted by Gasteiger charge is 2.95. The van der Waals surface area contributed by atoms with Crippen LogP contribution < -0.4 is 4.98 Å². The number of hydrogen-bond donors (Lipinski definition) is 1. The molecule has 0 saturated heterocycles. The topological polar surface area (TPSA) is 12.0 Å². The predicted octanol–water partition coefficient (Wildman–Crippen LogP) is 3.82. The highest BCUT2D eigenvalue weighted by atomic mass is 28.2. The predicted molar refractivity (Wildman–Crippen MR) is 53.8 cm³/mol. The molecule has 0 aliphatic heterocycles. The van der Waals surface area contributed by atoms with E-state index >= 15 is 0 Å². The van der Waals surface area contributed by atoms with Gasteiger partial charge in [0, 0.05) is 0 Å². The smallest absolute Gasteiger partial charge is 0.283 e. The Kier molecular flexibility index (Phi) is 6.01. The van der Waals surface area contributed by atoms with Crippen LogP contribution in [0.1, 0.15) is 0 Å². The van der Waals surface area contributed by atoms with Crippen LogP contribution in [0.5, 0.6) is 0 Å². The Balaban J connectivity index is 6.65. The summed E-state index contributed by atoms with van der Waals surface area (Å²) in [4.78, 5) is 0.0862. The minimum Gasteiger partial charge on any atom is -0.283 e. The molecule has 19 heteroatoms. The van der Waals surface area contributed by atoms with Crippen LogP contribution in [0.3, 0.4) is 0 Å². The summed E-state index contributed by atoms with van der Waals surface area (Å²) >= 11 is 0. The molecule has 0 aromatic heterocycles. The molecule has 0 aliphatic rings. The largest absolute Gasteiger partial charge is 0.460 e. The molecular weight excluding hydrogens is 461 g/mol. The van der Waals surface area contributed by atoms with Crippen molar-refractivity contribution < 1.29 is 74.6 Å². The third kappa shape index (κ3) is 3.13. The van der Waals surface area contributed by atoms with E-state index in [1.54, 1.807) is 0 Å². The second-order valence-corrected chi connectivity index (χ2v) is 5.27. The van der Waals surface area contributed by atoms with Crippen molar-refractivity contribution in [3.63, 3.8) is 0 Å². The Hall–Kier alpha value is -1.01. The van der Waals surface area contributed by atoms with Gasteiger partial charge in [0.25, 0.3) is 0 Å². The fourth-order valence-electron chi connectivity index (χ4n) is 1.32. The van der Waals surface area contributed by atoms with Gasteiger partial charge in [-0.1, -0.05) is 0 Å². The first kappa shape index (κ1) is 26.0. The molecule has 0 aromatic carbocycles. The summed E-state index contributed by atoms with van der Waals surface area (Å²) in [6.45, 7) is 0. The molecule has 0 bridgehead atoms. The molecule has 0 unspecified atom stereocenters. The second-order valence-electron chi connectivity index (χ2n) is 4.77. The summed E-state index contributed by atoms with van der Waals surface area (Å²) in [5.74, 6) is -49.5. The lowest BCUT2D eigenvalue weighted by atomic mass is 9.90. The SMILES string of the molecule is FC(F)(F)C(F)(F)C(F)(F)C(F)(F)C(F)(F)C(F)(F)C(F)(F)C(F)(F)N[SiH3]. The highest BCUT2D eigenvalue weighted by molar-refractivity contribution is 6.04. The first-order chi connectivity index (χ1) is 11.3. The van der Waals surface area contributed by atoms with Crippen LogP contribution in [-0.4, -0.2) is 58.2 Å². The van der Waals surface area contributed by atoms with Gasteiger partial charge in [-0.05, 0) is 0 Å². The summed E-state index contributed by atoms with van der Waals surface area (Å²) in [5, 5.41) is 0. The molecule has 1 N–H and O–H groups in total. The van der Waals surface area contributed by atoms with Gasteiger partial charge in [-0.15, -0.1) is 0 Å². The number of hydrogen-bond acceptors (Lipinski definition) is 1. The summed E-state index contributed by atoms with van der Waals surface area (Å²) < 4.78 is 215. The average Bonchev–Trinajstić information content (AvgIpc) is 2.44. The average molecular weight is 465 g/mol. The van der Waals surface area contributed by atoms with E-state index in [0.29, 0.717) is 0 Å². The zero-order valence-corrected chi connectivity index (χ0v) is 13.9. The Labute approximate surface area is 139 Å². The second kappa shape index (κ2) is 6.24. The molecule has 164 valence electrons. The van der Waals surface area contributed by atoms with Crippen LogP contribution in [0, 0.1) is 0 Å². The van der Waals surface area contributed by atoms with Crippen LogP contribution in [0.4, 0.5) is 74.6 Å². The zero-order chi connectivity index (χ0) is 22.7. The number of nitrogens with one attached hydrogen (secondary N) is 1. The van der Waals surface area contributed by atoms with Crippen LogP contribution in [-0.2, 0) is 0 Å². The van der Waals surface area contributed by atoms with E-state index in [0.717, 1.165) is 0 Å². The van der Waals surface area contributed by atoms with Gasteiger partial charge in [0.05, 0.1) is 10.4 Å². The van der Waals surface area contributed by atoms with E-state index in [1.807, 2.05) is 0 Å². The molecule has 0 spiro atoms. The van der Waals surface area contributed by atoms with Crippen molar-refractivity contribution in [3.8, 4) is 0 Å². The van der Waals surface area contributed by atoms with Crippen molar-refractivity contribution >= 4 is 10.4 Å². The van der Waals surface area contributed by atoms with Gasteiger partial charge in [-0.25, -0.2) is 0 Å². The number of rotatable bonds is 7. The van der Waals surface area contributed by atoms with Gasteiger partial charge in [0.1, 0.15) is 0 Å². The first-order valence-corrected chi connectivity index (χ1v) is 6.71. The van der Waals surface area contributed by atoms with Crippen LogP contribution in [0.25, 0.3) is 0 Å². The lowest BCUT2D eigenvalue weighted by Crippen LogP contribution is -2.75. The fourth-order valence-corrected chi connectivity index (χ4v) is 1.63. The van der Waals surface area contributed by atoms with E-state index in [1.165, 1.54) is 0 Å². The summed E-state index contributed by atoms with van der Waals surface area (Å²) in [7, 11) is -1.40. The lowest BCUT2D eigenvalue weighted by molar-refractivity contribution is -0.462. The fraction of sp³-hybridized carbons (Fsp3) is 1.00. The third-order valence-corrected chi connectivity index (χ3v) is 3.66. The van der Waals surface area contributed by atoms with Gasteiger partial charge in [-0.2, -0.15) is 74.6 Å². The van der Waals surface area contributed by atoms with Crippen molar-refractivity contribution in [1.29, 1.82) is 0 Å². The molecule has 0 heterocycles. The summed E-state index contributed by atoms with van der Waals surface area (Å²) in [6.07, 6.45) is -7.74. The Morgan fingerprint density at radius 1 is 0.370 bits per heavy atom. The van der Waals surface area contributed by atoms with E-state index < -0.39 is 58.2 Å². The maximum atomic E-state index is 13.0. The monoisotopic (exact) mass is 465 g/mol. The van der Waals surface area contributed by atoms with E-state index in [2.05, 4.69) is 0 Å². The normalized spacial score (nSPS) is 16.8. The highest BCUT2D eigenvalue weighted by Crippen LogP contribution is 2.63. The van der Waals surface area contributed by atoms with Crippen LogP contribution >= 0.6 is 0 Å². The maximum absolute atomic E-state index is 13.0. The van der Waals surface area contributed by atoms with Gasteiger partial charge < -0.3 is 0 Å². The molecule has 27 heavy (non-hydrogen) atoms. The van der Waals surface area contributed by atoms with Crippen LogP contribution in [0.15, 0.2) is 0 Å². The maximum Gasteiger partial charge on any atom is 0.460 e. The first-order valence-electron chi connectivity index (χ1n) is 5.71. The molecule has 0 aliphatic carbocycles. The molecule has 0 fully saturated rings. The minimum absolute atomic E-state index is 0.0862. The van der Waals surface area contributed by atoms with Crippen molar-refractivity contribution in [2.45, 2.75) is 47.8 Å². The van der Waals surface area contributed by atoms with Crippen LogP contribution in [0.2, 0.25) is 0 Å². The molecule has 0 amide bonds. The van der Waals surface area contributed by atoms with Gasteiger partial charge in [0.2, 0.25) is 0 Å². The van der Waals surface area contributed by atoms with E-state index in [9.17, 15) is 74.6 Å². The Morgan fingerprint density at radius 3 is 0.815 bits per heavy atom. The third-order valence-electron chi connectivity index (χ3n) is 3.04. The van der Waals surface area contributed by atoms with Crippen molar-refractivity contribution in [3.05, 3.63) is 0 Å². The summed E-state index contributed by atoms with van der Waals surface area (Å²) in [6, 6.07) is -6.45.